The zero-order valence-electron chi connectivity index (χ0n) is 14.5. The molecule has 128 valence electrons. The molecule has 2 aromatic carbocycles. The molecule has 0 saturated heterocycles. The van der Waals surface area contributed by atoms with Gasteiger partial charge in [-0.1, -0.05) is 43.3 Å². The zero-order valence-corrected chi connectivity index (χ0v) is 14.5. The highest BCUT2D eigenvalue weighted by Gasteiger charge is 2.07. The van der Waals surface area contributed by atoms with Crippen LogP contribution in [-0.2, 0) is 27.5 Å². The molecule has 4 nitrogen and oxygen atoms in total. The number of carbonyl (C=O) groups is 1. The van der Waals surface area contributed by atoms with Crippen LogP contribution in [0.4, 0.5) is 0 Å². The maximum absolute atomic E-state index is 10.9. The molecule has 0 N–H and O–H groups in total. The molecule has 4 heteroatoms. The fourth-order valence-electron chi connectivity index (χ4n) is 2.29. The molecule has 0 aliphatic rings. The van der Waals surface area contributed by atoms with Crippen LogP contribution in [0.1, 0.15) is 36.5 Å². The van der Waals surface area contributed by atoms with Crippen molar-refractivity contribution in [3.8, 4) is 5.75 Å². The maximum Gasteiger partial charge on any atom is 0.302 e. The molecule has 24 heavy (non-hydrogen) atoms. The number of hydrogen-bond donors (Lipinski definition) is 0. The fraction of sp³-hybridized carbons (Fsp3) is 0.350. The molecule has 0 amide bonds. The summed E-state index contributed by atoms with van der Waals surface area (Å²) >= 11 is 0. The summed E-state index contributed by atoms with van der Waals surface area (Å²) in [6.07, 6.45) is 0. The molecule has 0 fully saturated rings. The van der Waals surface area contributed by atoms with Gasteiger partial charge in [0.05, 0.1) is 26.9 Å². The van der Waals surface area contributed by atoms with E-state index >= 15 is 0 Å². The van der Waals surface area contributed by atoms with E-state index in [1.165, 1.54) is 6.92 Å². The molecule has 0 bridgehead atoms. The molecule has 0 radical (unpaired) electrons. The fourth-order valence-corrected chi connectivity index (χ4v) is 2.29. The molecule has 0 aliphatic heterocycles. The van der Waals surface area contributed by atoms with Crippen LogP contribution in [0.2, 0.25) is 0 Å². The first-order chi connectivity index (χ1) is 11.6. The van der Waals surface area contributed by atoms with E-state index in [4.69, 9.17) is 14.2 Å². The molecule has 0 aliphatic carbocycles. The van der Waals surface area contributed by atoms with Crippen LogP contribution < -0.4 is 4.74 Å². The van der Waals surface area contributed by atoms with Crippen molar-refractivity contribution in [1.29, 1.82) is 0 Å². The SMILES string of the molecule is COc1ccc(COCc2ccc([C@H](C)COC(C)=O)cc2)cc1. The Morgan fingerprint density at radius 1 is 0.958 bits per heavy atom. The molecule has 0 spiro atoms. The normalized spacial score (nSPS) is 11.8. The summed E-state index contributed by atoms with van der Waals surface area (Å²) in [5.41, 5.74) is 3.38. The van der Waals surface area contributed by atoms with E-state index in [1.807, 2.05) is 43.3 Å². The molecule has 0 heterocycles. The maximum atomic E-state index is 10.9. The predicted molar refractivity (Wildman–Crippen MR) is 93.0 cm³/mol. The van der Waals surface area contributed by atoms with E-state index in [2.05, 4.69) is 12.1 Å². The first-order valence-electron chi connectivity index (χ1n) is 8.01. The Morgan fingerprint density at radius 3 is 2.00 bits per heavy atom. The van der Waals surface area contributed by atoms with Gasteiger partial charge in [-0.05, 0) is 28.8 Å². The number of esters is 1. The van der Waals surface area contributed by atoms with Gasteiger partial charge in [0, 0.05) is 12.8 Å². The molecular formula is C20H24O4. The summed E-state index contributed by atoms with van der Waals surface area (Å²) in [7, 11) is 1.66. The number of carbonyl (C=O) groups excluding carboxylic acids is 1. The number of benzene rings is 2. The van der Waals surface area contributed by atoms with Crippen molar-refractivity contribution >= 4 is 5.97 Å². The topological polar surface area (TPSA) is 44.8 Å². The lowest BCUT2D eigenvalue weighted by Gasteiger charge is -2.12. The van der Waals surface area contributed by atoms with Gasteiger partial charge in [-0.3, -0.25) is 4.79 Å². The summed E-state index contributed by atoms with van der Waals surface area (Å²) in [6, 6.07) is 16.1. The third kappa shape index (κ3) is 5.70. The highest BCUT2D eigenvalue weighted by molar-refractivity contribution is 5.65. The molecule has 0 unspecified atom stereocenters. The first-order valence-corrected chi connectivity index (χ1v) is 8.01. The number of methoxy groups -OCH3 is 1. The second-order valence-electron chi connectivity index (χ2n) is 5.79. The summed E-state index contributed by atoms with van der Waals surface area (Å²) in [5, 5.41) is 0. The summed E-state index contributed by atoms with van der Waals surface area (Å²) < 4.78 is 15.9. The summed E-state index contributed by atoms with van der Waals surface area (Å²) in [6.45, 7) is 5.00. The standard InChI is InChI=1S/C20H24O4/c1-15(12-24-16(2)21)19-8-4-17(5-9-19)13-23-14-18-6-10-20(22-3)11-7-18/h4-11,15H,12-14H2,1-3H3/t15-/m1/s1. The van der Waals surface area contributed by atoms with Crippen LogP contribution in [0.3, 0.4) is 0 Å². The van der Waals surface area contributed by atoms with E-state index in [1.54, 1.807) is 7.11 Å². The van der Waals surface area contributed by atoms with Crippen molar-refractivity contribution in [2.24, 2.45) is 0 Å². The van der Waals surface area contributed by atoms with Crippen molar-refractivity contribution in [2.75, 3.05) is 13.7 Å². The van der Waals surface area contributed by atoms with Gasteiger partial charge in [-0.2, -0.15) is 0 Å². The van der Waals surface area contributed by atoms with Crippen molar-refractivity contribution in [2.45, 2.75) is 33.0 Å². The molecule has 2 aromatic rings. The van der Waals surface area contributed by atoms with Crippen LogP contribution in [0.15, 0.2) is 48.5 Å². The van der Waals surface area contributed by atoms with E-state index in [9.17, 15) is 4.79 Å². The van der Waals surface area contributed by atoms with E-state index in [-0.39, 0.29) is 11.9 Å². The van der Waals surface area contributed by atoms with Crippen molar-refractivity contribution in [1.82, 2.24) is 0 Å². The van der Waals surface area contributed by atoms with Gasteiger partial charge in [-0.25, -0.2) is 0 Å². The quantitative estimate of drug-likeness (QED) is 0.685. The van der Waals surface area contributed by atoms with Crippen molar-refractivity contribution in [3.63, 3.8) is 0 Å². The monoisotopic (exact) mass is 328 g/mol. The van der Waals surface area contributed by atoms with Crippen LogP contribution in [0.5, 0.6) is 5.75 Å². The van der Waals surface area contributed by atoms with Gasteiger partial charge in [0.15, 0.2) is 0 Å². The third-order valence-corrected chi connectivity index (χ3v) is 3.78. The lowest BCUT2D eigenvalue weighted by molar-refractivity contribution is -0.141. The Kier molecular flexibility index (Phi) is 6.82. The second kappa shape index (κ2) is 9.08. The van der Waals surface area contributed by atoms with Gasteiger partial charge in [0.2, 0.25) is 0 Å². The van der Waals surface area contributed by atoms with E-state index < -0.39 is 0 Å². The minimum Gasteiger partial charge on any atom is -0.497 e. The van der Waals surface area contributed by atoms with Crippen molar-refractivity contribution in [3.05, 3.63) is 65.2 Å². The summed E-state index contributed by atoms with van der Waals surface area (Å²) in [4.78, 5) is 10.9. The lowest BCUT2D eigenvalue weighted by atomic mass is 10.0. The van der Waals surface area contributed by atoms with E-state index in [0.29, 0.717) is 19.8 Å². The predicted octanol–water partition coefficient (Wildman–Crippen LogP) is 4.08. The number of rotatable bonds is 8. The third-order valence-electron chi connectivity index (χ3n) is 3.78. The minimum atomic E-state index is -0.245. The molecule has 0 saturated carbocycles. The lowest BCUT2D eigenvalue weighted by Crippen LogP contribution is -2.08. The van der Waals surface area contributed by atoms with Gasteiger partial charge < -0.3 is 14.2 Å². The Bertz CT molecular complexity index is 632. The van der Waals surface area contributed by atoms with Crippen LogP contribution in [0.25, 0.3) is 0 Å². The van der Waals surface area contributed by atoms with Crippen LogP contribution >= 0.6 is 0 Å². The molecule has 2 rings (SSSR count). The molecule has 1 atom stereocenters. The van der Waals surface area contributed by atoms with E-state index in [0.717, 1.165) is 22.4 Å². The van der Waals surface area contributed by atoms with Gasteiger partial charge in [0.25, 0.3) is 0 Å². The molecular weight excluding hydrogens is 304 g/mol. The Morgan fingerprint density at radius 2 is 1.50 bits per heavy atom. The average Bonchev–Trinajstić information content (AvgIpc) is 2.61. The Labute approximate surface area is 143 Å². The smallest absolute Gasteiger partial charge is 0.302 e. The minimum absolute atomic E-state index is 0.183. The highest BCUT2D eigenvalue weighted by Crippen LogP contribution is 2.17. The van der Waals surface area contributed by atoms with Crippen LogP contribution in [-0.4, -0.2) is 19.7 Å². The number of hydrogen-bond acceptors (Lipinski definition) is 4. The Hall–Kier alpha value is -2.33. The van der Waals surface area contributed by atoms with Crippen LogP contribution in [0, 0.1) is 0 Å². The van der Waals surface area contributed by atoms with Gasteiger partial charge >= 0.3 is 5.97 Å². The first kappa shape index (κ1) is 18.0. The summed E-state index contributed by atoms with van der Waals surface area (Å²) in [5.74, 6) is 0.783. The largest absolute Gasteiger partial charge is 0.497 e. The molecule has 0 aromatic heterocycles. The van der Waals surface area contributed by atoms with Crippen molar-refractivity contribution < 1.29 is 19.0 Å². The van der Waals surface area contributed by atoms with Gasteiger partial charge in [-0.15, -0.1) is 0 Å². The Balaban J connectivity index is 1.79. The average molecular weight is 328 g/mol. The highest BCUT2D eigenvalue weighted by atomic mass is 16.5. The number of ether oxygens (including phenoxy) is 3. The second-order valence-corrected chi connectivity index (χ2v) is 5.79. The zero-order chi connectivity index (χ0) is 17.4. The van der Waals surface area contributed by atoms with Gasteiger partial charge in [0.1, 0.15) is 5.75 Å².